The normalized spacial score (nSPS) is 11.6. The van der Waals surface area contributed by atoms with Gasteiger partial charge in [0, 0.05) is 12.5 Å². The number of hydrogen-bond donors (Lipinski definition) is 1. The van der Waals surface area contributed by atoms with Gasteiger partial charge in [0.15, 0.2) is 11.5 Å². The van der Waals surface area contributed by atoms with E-state index in [1.54, 1.807) is 12.1 Å². The average molecular weight is 463 g/mol. The van der Waals surface area contributed by atoms with E-state index in [9.17, 15) is 9.90 Å². The highest BCUT2D eigenvalue weighted by Crippen LogP contribution is 2.32. The van der Waals surface area contributed by atoms with Crippen LogP contribution in [-0.4, -0.2) is 37.5 Å². The van der Waals surface area contributed by atoms with Crippen molar-refractivity contribution >= 4 is 17.6 Å². The van der Waals surface area contributed by atoms with E-state index >= 15 is 0 Å². The van der Waals surface area contributed by atoms with Crippen molar-refractivity contribution in [1.29, 1.82) is 0 Å². The van der Waals surface area contributed by atoms with Gasteiger partial charge in [0.05, 0.1) is 30.9 Å². The monoisotopic (exact) mass is 462 g/mol. The van der Waals surface area contributed by atoms with Gasteiger partial charge < -0.3 is 24.1 Å². The number of phenols is 1. The van der Waals surface area contributed by atoms with Crippen LogP contribution in [-0.2, 0) is 20.7 Å². The van der Waals surface area contributed by atoms with Gasteiger partial charge in [-0.1, -0.05) is 43.7 Å². The Morgan fingerprint density at radius 1 is 1.09 bits per heavy atom. The number of benzene rings is 2. The summed E-state index contributed by atoms with van der Waals surface area (Å²) in [4.78, 5) is 11.1. The molecule has 2 rings (SSSR count). The summed E-state index contributed by atoms with van der Waals surface area (Å²) in [6, 6.07) is 10.8. The summed E-state index contributed by atoms with van der Waals surface area (Å²) in [6.07, 6.45) is 3.52. The Hall–Kier alpha value is -2.70. The van der Waals surface area contributed by atoms with Gasteiger partial charge in [0.25, 0.3) is 0 Å². The van der Waals surface area contributed by atoms with Gasteiger partial charge in [-0.15, -0.1) is 0 Å². The third kappa shape index (κ3) is 8.44. The van der Waals surface area contributed by atoms with Crippen molar-refractivity contribution in [2.75, 3.05) is 26.4 Å². The Kier molecular flexibility index (Phi) is 10.9. The number of aromatic hydroxyl groups is 1. The van der Waals surface area contributed by atoms with E-state index in [1.165, 1.54) is 0 Å². The molecule has 0 aliphatic rings. The van der Waals surface area contributed by atoms with Crippen molar-refractivity contribution in [1.82, 2.24) is 0 Å². The molecule has 32 heavy (non-hydrogen) atoms. The summed E-state index contributed by atoms with van der Waals surface area (Å²) in [5.74, 6) is 0.910. The maximum Gasteiger partial charge on any atom is 0.330 e. The fraction of sp³-hybridized carbons (Fsp3) is 0.400. The molecule has 0 aliphatic heterocycles. The van der Waals surface area contributed by atoms with Crippen molar-refractivity contribution in [3.8, 4) is 17.2 Å². The predicted octanol–water partition coefficient (Wildman–Crippen LogP) is 5.65. The molecule has 6 nitrogen and oxygen atoms in total. The highest BCUT2D eigenvalue weighted by Gasteiger charge is 2.13. The van der Waals surface area contributed by atoms with Crippen LogP contribution >= 0.6 is 11.6 Å². The first kappa shape index (κ1) is 25.6. The van der Waals surface area contributed by atoms with Gasteiger partial charge in [-0.05, 0) is 48.7 Å². The van der Waals surface area contributed by atoms with E-state index in [2.05, 4.69) is 13.5 Å². The van der Waals surface area contributed by atoms with Crippen molar-refractivity contribution in [2.24, 2.45) is 0 Å². The molecule has 2 aromatic carbocycles. The summed E-state index contributed by atoms with van der Waals surface area (Å²) in [5, 5.41) is 9.87. The van der Waals surface area contributed by atoms with Crippen molar-refractivity contribution in [2.45, 2.75) is 39.2 Å². The highest BCUT2D eigenvalue weighted by atomic mass is 35.5. The molecule has 0 radical (unpaired) electrons. The molecule has 2 aromatic rings. The van der Waals surface area contributed by atoms with Crippen LogP contribution < -0.4 is 9.47 Å². The lowest BCUT2D eigenvalue weighted by molar-refractivity contribution is -0.139. The molecule has 0 fully saturated rings. The third-order valence-electron chi connectivity index (χ3n) is 4.72. The zero-order chi connectivity index (χ0) is 23.3. The van der Waals surface area contributed by atoms with Crippen LogP contribution in [0.25, 0.3) is 0 Å². The van der Waals surface area contributed by atoms with Crippen molar-refractivity contribution in [3.05, 3.63) is 65.2 Å². The zero-order valence-electron chi connectivity index (χ0n) is 18.6. The van der Waals surface area contributed by atoms with Crippen LogP contribution in [0.4, 0.5) is 0 Å². The van der Waals surface area contributed by atoms with E-state index in [0.717, 1.165) is 30.0 Å². The smallest absolute Gasteiger partial charge is 0.330 e. The van der Waals surface area contributed by atoms with Gasteiger partial charge >= 0.3 is 5.97 Å². The summed E-state index contributed by atoms with van der Waals surface area (Å²) in [7, 11) is 0. The molecule has 1 unspecified atom stereocenters. The van der Waals surface area contributed by atoms with Crippen LogP contribution in [0.3, 0.4) is 0 Å². The van der Waals surface area contributed by atoms with Crippen molar-refractivity contribution < 1.29 is 28.8 Å². The van der Waals surface area contributed by atoms with E-state index in [0.29, 0.717) is 36.2 Å². The second kappa shape index (κ2) is 13.7. The fourth-order valence-corrected chi connectivity index (χ4v) is 3.05. The quantitative estimate of drug-likeness (QED) is 0.222. The van der Waals surface area contributed by atoms with Crippen LogP contribution in [0.5, 0.6) is 17.2 Å². The standard InChI is InChI=1S/C25H31ClO6/c1-4-6-12-30-24-17-20(18(3)29-14-15-32-25(28)5-2)8-10-23(24)31-13-11-19-7-9-22(27)21(26)16-19/h5,7-10,16-18,27H,2,4,6,11-15H2,1,3H3. The number of halogens is 1. The van der Waals surface area contributed by atoms with Gasteiger partial charge in [-0.2, -0.15) is 0 Å². The molecule has 0 aliphatic carbocycles. The van der Waals surface area contributed by atoms with Gasteiger partial charge in [0.1, 0.15) is 12.4 Å². The molecule has 0 amide bonds. The van der Waals surface area contributed by atoms with E-state index in [-0.39, 0.29) is 25.1 Å². The summed E-state index contributed by atoms with van der Waals surface area (Å²) < 4.78 is 22.6. The minimum absolute atomic E-state index is 0.0636. The molecule has 0 spiro atoms. The van der Waals surface area contributed by atoms with E-state index in [4.69, 9.17) is 30.5 Å². The second-order valence-corrected chi connectivity index (χ2v) is 7.58. The predicted molar refractivity (Wildman–Crippen MR) is 125 cm³/mol. The zero-order valence-corrected chi connectivity index (χ0v) is 19.4. The number of esters is 1. The lowest BCUT2D eigenvalue weighted by Crippen LogP contribution is -2.11. The van der Waals surface area contributed by atoms with Crippen LogP contribution in [0, 0.1) is 0 Å². The molecule has 0 bridgehead atoms. The largest absolute Gasteiger partial charge is 0.506 e. The van der Waals surface area contributed by atoms with Crippen LogP contribution in [0.2, 0.25) is 5.02 Å². The molecule has 1 atom stereocenters. The summed E-state index contributed by atoms with van der Waals surface area (Å²) in [6.45, 7) is 8.86. The highest BCUT2D eigenvalue weighted by molar-refractivity contribution is 6.32. The number of unbranched alkanes of at least 4 members (excludes halogenated alkanes) is 1. The van der Waals surface area contributed by atoms with Gasteiger partial charge in [0.2, 0.25) is 0 Å². The van der Waals surface area contributed by atoms with E-state index in [1.807, 2.05) is 31.2 Å². The summed E-state index contributed by atoms with van der Waals surface area (Å²) >= 11 is 5.97. The first-order chi connectivity index (χ1) is 15.4. The minimum Gasteiger partial charge on any atom is -0.506 e. The average Bonchev–Trinajstić information content (AvgIpc) is 2.79. The van der Waals surface area contributed by atoms with Crippen LogP contribution in [0.1, 0.15) is 43.9 Å². The molecule has 0 aromatic heterocycles. The minimum atomic E-state index is -0.469. The number of hydrogen-bond acceptors (Lipinski definition) is 6. The lowest BCUT2D eigenvalue weighted by Gasteiger charge is -2.18. The summed E-state index contributed by atoms with van der Waals surface area (Å²) in [5.41, 5.74) is 1.90. The number of carbonyl (C=O) groups excluding carboxylic acids is 1. The molecule has 0 saturated heterocycles. The van der Waals surface area contributed by atoms with Gasteiger partial charge in [-0.25, -0.2) is 4.79 Å². The maximum atomic E-state index is 11.1. The van der Waals surface area contributed by atoms with Crippen LogP contribution in [0.15, 0.2) is 49.1 Å². The molecule has 0 saturated carbocycles. The number of carbonyl (C=O) groups is 1. The first-order valence-electron chi connectivity index (χ1n) is 10.7. The molecule has 174 valence electrons. The Balaban J connectivity index is 1.98. The maximum absolute atomic E-state index is 11.1. The Bertz CT molecular complexity index is 883. The molecule has 7 heteroatoms. The lowest BCUT2D eigenvalue weighted by atomic mass is 10.1. The topological polar surface area (TPSA) is 74.2 Å². The molecular formula is C25H31ClO6. The van der Waals surface area contributed by atoms with Gasteiger partial charge in [-0.3, -0.25) is 0 Å². The fourth-order valence-electron chi connectivity index (χ4n) is 2.84. The number of rotatable bonds is 14. The third-order valence-corrected chi connectivity index (χ3v) is 5.02. The number of phenolic OH excluding ortho intramolecular Hbond substituents is 1. The Labute approximate surface area is 194 Å². The molecule has 0 heterocycles. The first-order valence-corrected chi connectivity index (χ1v) is 11.1. The van der Waals surface area contributed by atoms with E-state index < -0.39 is 5.97 Å². The van der Waals surface area contributed by atoms with Crippen molar-refractivity contribution in [3.63, 3.8) is 0 Å². The number of ether oxygens (including phenoxy) is 4. The Morgan fingerprint density at radius 3 is 2.59 bits per heavy atom. The molecular weight excluding hydrogens is 432 g/mol. The Morgan fingerprint density at radius 2 is 1.88 bits per heavy atom. The SMILES string of the molecule is C=CC(=O)OCCOC(C)c1ccc(OCCc2ccc(O)c(Cl)c2)c(OCCCC)c1. The molecule has 1 N–H and O–H groups in total. The second-order valence-electron chi connectivity index (χ2n) is 7.18.